The van der Waals surface area contributed by atoms with E-state index in [1.54, 1.807) is 28.1 Å². The number of nitro benzene ring substituents is 1. The summed E-state index contributed by atoms with van der Waals surface area (Å²) >= 11 is 5.41. The van der Waals surface area contributed by atoms with E-state index in [1.165, 1.54) is 36.3 Å². The van der Waals surface area contributed by atoms with Gasteiger partial charge in [-0.05, 0) is 138 Å². The van der Waals surface area contributed by atoms with Crippen LogP contribution in [-0.4, -0.2) is 131 Å². The third kappa shape index (κ3) is 16.9. The molecule has 422 valence electrons. The molecule has 1 aliphatic carbocycles. The number of benzene rings is 1. The van der Waals surface area contributed by atoms with Crippen molar-refractivity contribution in [2.45, 2.75) is 186 Å². The number of nitro groups is 1. The molecule has 3 heterocycles. The van der Waals surface area contributed by atoms with E-state index >= 15 is 0 Å². The van der Waals surface area contributed by atoms with Gasteiger partial charge in [-0.15, -0.1) is 0 Å². The highest BCUT2D eigenvalue weighted by atomic mass is 32.1. The van der Waals surface area contributed by atoms with Crippen LogP contribution in [0, 0.1) is 45.6 Å². The Hall–Kier alpha value is -4.69. The SMILES string of the molecule is COC1C[C@@H]2CC[C@@H](C)[C@@](O)(O2)C(=O)C(=O)N2CCCC[C@H]2C(=O)O[C@H]([C@H](C)C[C@@H]2CC[C@@H](OC(=S)Oc3ccc([N+](=O)[O-])cc3)[C@H](OC)C2)CC[C@H](C)/C=C(\C)[C@@H](O)[C@@H](OC)C(=O)[C@H](C)C[C@H](C)/C=C/C=C/C=C/1C. The van der Waals surface area contributed by atoms with Gasteiger partial charge in [0.25, 0.3) is 17.4 Å². The van der Waals surface area contributed by atoms with Gasteiger partial charge in [-0.1, -0.05) is 71.1 Å². The molecule has 18 heteroatoms. The van der Waals surface area contributed by atoms with Crippen molar-refractivity contribution < 1.29 is 67.5 Å². The number of aliphatic hydroxyl groups excluding tert-OH is 1. The maximum atomic E-state index is 14.6. The number of carbonyl (C=O) groups is 4. The molecular weight excluding hydrogens is 997 g/mol. The van der Waals surface area contributed by atoms with E-state index in [-0.39, 0.29) is 59.4 Å². The number of methoxy groups -OCH3 is 3. The fourth-order valence-electron chi connectivity index (χ4n) is 11.3. The first-order chi connectivity index (χ1) is 36.1. The fraction of sp³-hybridized carbons (Fsp3) is 0.672. The Morgan fingerprint density at radius 1 is 0.855 bits per heavy atom. The number of amides is 1. The van der Waals surface area contributed by atoms with Crippen molar-refractivity contribution >= 4 is 46.6 Å². The Morgan fingerprint density at radius 2 is 1.58 bits per heavy atom. The van der Waals surface area contributed by atoms with E-state index < -0.39 is 82.9 Å². The summed E-state index contributed by atoms with van der Waals surface area (Å²) in [6, 6.07) is 4.45. The molecule has 1 aromatic carbocycles. The zero-order valence-electron chi connectivity index (χ0n) is 46.3. The van der Waals surface area contributed by atoms with E-state index in [1.807, 2.05) is 71.1 Å². The predicted octanol–water partition coefficient (Wildman–Crippen LogP) is 9.30. The van der Waals surface area contributed by atoms with Crippen molar-refractivity contribution in [3.63, 3.8) is 0 Å². The Labute approximate surface area is 454 Å². The maximum absolute atomic E-state index is 14.6. The summed E-state index contributed by atoms with van der Waals surface area (Å²) in [5, 5.41) is 34.6. The smallest absolute Gasteiger partial charge is 0.358 e. The summed E-state index contributed by atoms with van der Waals surface area (Å²) in [6.07, 6.45) is 13.6. The van der Waals surface area contributed by atoms with Crippen LogP contribution in [0.5, 0.6) is 5.75 Å². The number of ether oxygens (including phenoxy) is 7. The quantitative estimate of drug-likeness (QED) is 0.0588. The van der Waals surface area contributed by atoms with Crippen LogP contribution in [-0.2, 0) is 47.6 Å². The van der Waals surface area contributed by atoms with Crippen molar-refractivity contribution in [2.75, 3.05) is 27.9 Å². The molecule has 2 saturated heterocycles. The number of rotatable bonds is 9. The van der Waals surface area contributed by atoms with Gasteiger partial charge in [-0.25, -0.2) is 4.79 Å². The molecule has 0 spiro atoms. The Kier molecular flexibility index (Phi) is 24.0. The molecule has 4 aliphatic rings. The van der Waals surface area contributed by atoms with Crippen LogP contribution < -0.4 is 4.74 Å². The molecule has 0 aromatic heterocycles. The molecule has 1 amide bonds. The van der Waals surface area contributed by atoms with Gasteiger partial charge in [0, 0.05) is 70.5 Å². The number of nitrogens with zero attached hydrogens (tertiary/aromatic N) is 2. The molecule has 17 nitrogen and oxygen atoms in total. The fourth-order valence-corrected chi connectivity index (χ4v) is 11.5. The Balaban J connectivity index is 1.39. The molecule has 15 atom stereocenters. The first-order valence-electron chi connectivity index (χ1n) is 27.2. The number of thiocarbonyl (C=S) groups is 1. The standard InChI is InChI=1S/C58H84N2O15S/c1-35-16-12-11-13-17-37(3)49(69-8)34-45-24-20-41(7)58(66,75-45)54(63)55(64)59-29-15-14-18-46(59)56(65)73-47(27-19-36(2)31-40(6)52(62)53(71-10)51(61)39(5)30-35)38(4)32-42-21-28-48(50(33-42)70-9)74-57(76)72-44-25-22-43(23-26-44)60(67)68/h11-13,16-17,22-23,25-26,31,35-36,38-39,41-42,45-50,52-53,62,66H,14-15,18-21,24,27-30,32-34H2,1-10H3/b13-11+,16-12+,37-17+,40-31+/t35-,36+,38-,39-,41-,42+,45+,46+,47+,48-,49?,50-,52-,53+,58-/m1/s1. The number of allylic oxidation sites excluding steroid dienone is 6. The number of carbonyl (C=O) groups excluding carboxylic acids is 4. The van der Waals surface area contributed by atoms with Crippen LogP contribution in [0.25, 0.3) is 0 Å². The second-order valence-corrected chi connectivity index (χ2v) is 22.2. The van der Waals surface area contributed by atoms with Crippen LogP contribution in [0.4, 0.5) is 5.69 Å². The molecule has 3 fully saturated rings. The van der Waals surface area contributed by atoms with E-state index in [2.05, 4.69) is 0 Å². The van der Waals surface area contributed by atoms with E-state index in [9.17, 15) is 39.5 Å². The highest BCUT2D eigenvalue weighted by Crippen LogP contribution is 2.38. The molecule has 76 heavy (non-hydrogen) atoms. The van der Waals surface area contributed by atoms with Gasteiger partial charge in [-0.3, -0.25) is 24.5 Å². The number of cyclic esters (lactones) is 1. The average Bonchev–Trinajstić information content (AvgIpc) is 3.39. The van der Waals surface area contributed by atoms with Crippen molar-refractivity contribution in [3.05, 3.63) is 82.0 Å². The van der Waals surface area contributed by atoms with Gasteiger partial charge in [0.1, 0.15) is 36.2 Å². The monoisotopic (exact) mass is 1080 g/mol. The topological polar surface area (TPSA) is 220 Å². The normalized spacial score (nSPS) is 36.0. The summed E-state index contributed by atoms with van der Waals surface area (Å²) < 4.78 is 41.9. The molecular formula is C58H84N2O15S. The third-order valence-electron chi connectivity index (χ3n) is 16.0. The summed E-state index contributed by atoms with van der Waals surface area (Å²) in [5.41, 5.74) is 1.38. The number of esters is 1. The summed E-state index contributed by atoms with van der Waals surface area (Å²) in [7, 11) is 4.61. The van der Waals surface area contributed by atoms with Crippen LogP contribution >= 0.6 is 12.2 Å². The minimum atomic E-state index is -2.42. The van der Waals surface area contributed by atoms with E-state index in [0.29, 0.717) is 82.0 Å². The zero-order chi connectivity index (χ0) is 55.9. The molecule has 1 aromatic rings. The second-order valence-electron chi connectivity index (χ2n) is 21.9. The summed E-state index contributed by atoms with van der Waals surface area (Å²) in [6.45, 7) is 13.4. The summed E-state index contributed by atoms with van der Waals surface area (Å²) in [5.74, 6) is -6.30. The molecule has 2 bridgehead atoms. The molecule has 3 aliphatic heterocycles. The van der Waals surface area contributed by atoms with Gasteiger partial charge in [0.05, 0.1) is 23.2 Å². The average molecular weight is 1080 g/mol. The van der Waals surface area contributed by atoms with Crippen LogP contribution in [0.1, 0.15) is 132 Å². The molecule has 5 rings (SSSR count). The first-order valence-corrected chi connectivity index (χ1v) is 27.6. The summed E-state index contributed by atoms with van der Waals surface area (Å²) in [4.78, 5) is 69.0. The number of aliphatic hydroxyl groups is 2. The molecule has 1 saturated carbocycles. The number of hydrogen-bond donors (Lipinski definition) is 2. The minimum absolute atomic E-state index is 0.0411. The number of piperidine rings is 1. The lowest BCUT2D eigenvalue weighted by Crippen LogP contribution is -2.61. The highest BCUT2D eigenvalue weighted by molar-refractivity contribution is 7.79. The number of Topliss-reactive ketones (excluding diaryl/α,β-unsaturated/α-hetero) is 2. The predicted molar refractivity (Wildman–Crippen MR) is 290 cm³/mol. The van der Waals surface area contributed by atoms with Crippen molar-refractivity contribution in [3.8, 4) is 5.75 Å². The highest BCUT2D eigenvalue weighted by Gasteiger charge is 2.53. The Bertz CT molecular complexity index is 2270. The first kappa shape index (κ1) is 62.2. The van der Waals surface area contributed by atoms with Gasteiger partial charge < -0.3 is 48.3 Å². The van der Waals surface area contributed by atoms with Crippen molar-refractivity contribution in [1.82, 2.24) is 4.90 Å². The van der Waals surface area contributed by atoms with E-state index in [4.69, 9.17) is 45.4 Å². The molecule has 0 radical (unpaired) electrons. The zero-order valence-corrected chi connectivity index (χ0v) is 47.1. The van der Waals surface area contributed by atoms with Gasteiger partial charge in [0.15, 0.2) is 5.78 Å². The number of hydrogen-bond acceptors (Lipinski definition) is 16. The van der Waals surface area contributed by atoms with Crippen LogP contribution in [0.3, 0.4) is 0 Å². The lowest BCUT2D eigenvalue weighted by Gasteiger charge is -2.42. The maximum Gasteiger partial charge on any atom is 0.358 e. The van der Waals surface area contributed by atoms with Crippen LogP contribution in [0.15, 0.2) is 71.9 Å². The van der Waals surface area contributed by atoms with Gasteiger partial charge in [-0.2, -0.15) is 0 Å². The lowest BCUT2D eigenvalue weighted by molar-refractivity contribution is -0.384. The Morgan fingerprint density at radius 3 is 2.25 bits per heavy atom. The molecule has 1 unspecified atom stereocenters. The minimum Gasteiger partial charge on any atom is -0.461 e. The largest absolute Gasteiger partial charge is 0.461 e. The van der Waals surface area contributed by atoms with Crippen LogP contribution in [0.2, 0.25) is 0 Å². The lowest BCUT2D eigenvalue weighted by atomic mass is 9.78. The third-order valence-corrected chi connectivity index (χ3v) is 16.2. The van der Waals surface area contributed by atoms with Gasteiger partial charge in [0.2, 0.25) is 5.79 Å². The van der Waals surface area contributed by atoms with Crippen molar-refractivity contribution in [2.24, 2.45) is 35.5 Å². The van der Waals surface area contributed by atoms with Gasteiger partial charge >= 0.3 is 11.2 Å². The number of fused-ring (bicyclic) bond motifs is 3. The molecule has 2 N–H and O–H groups in total. The van der Waals surface area contributed by atoms with E-state index in [0.717, 1.165) is 12.0 Å². The van der Waals surface area contributed by atoms with Crippen molar-refractivity contribution in [1.29, 1.82) is 0 Å². The second kappa shape index (κ2) is 29.3. The number of non-ortho nitro benzene ring substituents is 1. The number of ketones is 2.